The smallest absolute Gasteiger partial charge is 0.306 e. The van der Waals surface area contributed by atoms with Crippen molar-refractivity contribution >= 4 is 22.8 Å². The van der Waals surface area contributed by atoms with Crippen LogP contribution in [-0.2, 0) is 16.1 Å². The molecule has 0 fully saturated rings. The molecule has 1 heterocycles. The Balaban J connectivity index is 2.02. The lowest BCUT2D eigenvalue weighted by Crippen LogP contribution is -2.38. The molecule has 1 aromatic heterocycles. The Kier molecular flexibility index (Phi) is 5.76. The van der Waals surface area contributed by atoms with Gasteiger partial charge in [0.2, 0.25) is 5.52 Å². The molecule has 0 aliphatic rings. The van der Waals surface area contributed by atoms with Gasteiger partial charge >= 0.3 is 5.97 Å². The van der Waals surface area contributed by atoms with Crippen LogP contribution in [0.4, 0.5) is 0 Å². The normalized spacial score (nSPS) is 10.7. The lowest BCUT2D eigenvalue weighted by atomic mass is 10.1. The first kappa shape index (κ1) is 18.5. The number of hydrogen-bond donors (Lipinski definition) is 0. The summed E-state index contributed by atoms with van der Waals surface area (Å²) >= 11 is 0. The van der Waals surface area contributed by atoms with E-state index in [1.54, 1.807) is 54.6 Å². The molecule has 138 valence electrons. The number of carbonyl (C=O) groups is 2. The molecule has 0 aliphatic heterocycles. The summed E-state index contributed by atoms with van der Waals surface area (Å²) in [6, 6.07) is 15.3. The number of esters is 1. The number of benzene rings is 2. The fourth-order valence-corrected chi connectivity index (χ4v) is 2.76. The summed E-state index contributed by atoms with van der Waals surface area (Å²) in [4.78, 5) is 29.2. The largest absolute Gasteiger partial charge is 0.618 e. The van der Waals surface area contributed by atoms with E-state index in [0.29, 0.717) is 22.2 Å². The van der Waals surface area contributed by atoms with Crippen molar-refractivity contribution in [1.82, 2.24) is 4.98 Å². The van der Waals surface area contributed by atoms with E-state index in [1.807, 2.05) is 6.92 Å². The molecule has 0 aliphatic carbocycles. The van der Waals surface area contributed by atoms with Crippen LogP contribution < -0.4 is 4.73 Å². The van der Waals surface area contributed by atoms with E-state index in [4.69, 9.17) is 4.74 Å². The van der Waals surface area contributed by atoms with E-state index in [9.17, 15) is 14.8 Å². The van der Waals surface area contributed by atoms with Gasteiger partial charge in [0.25, 0.3) is 11.5 Å². The Morgan fingerprint density at radius 3 is 2.52 bits per heavy atom. The molecule has 0 spiro atoms. The van der Waals surface area contributed by atoms with Gasteiger partial charge in [0.15, 0.2) is 5.69 Å². The lowest BCUT2D eigenvalue weighted by molar-refractivity contribution is -0.580. The molecule has 0 bridgehead atoms. The van der Waals surface area contributed by atoms with Gasteiger partial charge < -0.3 is 9.94 Å². The molecule has 2 aromatic carbocycles. The highest BCUT2D eigenvalue weighted by atomic mass is 16.5. The average Bonchev–Trinajstić information content (AvgIpc) is 2.71. The second kappa shape index (κ2) is 8.40. The molecule has 0 amide bonds. The Labute approximate surface area is 157 Å². The quantitative estimate of drug-likeness (QED) is 0.278. The molecule has 3 aromatic rings. The van der Waals surface area contributed by atoms with Gasteiger partial charge in [0.1, 0.15) is 12.1 Å². The Morgan fingerprint density at radius 2 is 1.78 bits per heavy atom. The number of fused-ring (bicyclic) bond motifs is 1. The maximum Gasteiger partial charge on any atom is 0.306 e. The first-order chi connectivity index (χ1) is 13.1. The van der Waals surface area contributed by atoms with Gasteiger partial charge in [-0.15, -0.1) is 0 Å². The van der Waals surface area contributed by atoms with Gasteiger partial charge in [0, 0.05) is 18.1 Å². The van der Waals surface area contributed by atoms with Crippen LogP contribution in [0.15, 0.2) is 54.6 Å². The zero-order valence-corrected chi connectivity index (χ0v) is 15.1. The number of aromatic nitrogens is 2. The number of hydrogen-bond acceptors (Lipinski definition) is 5. The van der Waals surface area contributed by atoms with E-state index in [0.717, 1.165) is 12.8 Å². The van der Waals surface area contributed by atoms with Crippen LogP contribution in [0, 0.1) is 5.21 Å². The summed E-state index contributed by atoms with van der Waals surface area (Å²) in [5, 5.41) is 12.9. The van der Waals surface area contributed by atoms with Crippen molar-refractivity contribution in [3.8, 4) is 0 Å². The van der Waals surface area contributed by atoms with E-state index >= 15 is 0 Å². The first-order valence-electron chi connectivity index (χ1n) is 8.88. The van der Waals surface area contributed by atoms with Crippen LogP contribution in [0.2, 0.25) is 0 Å². The molecule has 0 unspecified atom stereocenters. The summed E-state index contributed by atoms with van der Waals surface area (Å²) < 4.78 is 5.83. The van der Waals surface area contributed by atoms with E-state index in [2.05, 4.69) is 4.98 Å². The molecular formula is C21H20N2O4. The van der Waals surface area contributed by atoms with E-state index in [-0.39, 0.29) is 29.5 Å². The second-order valence-corrected chi connectivity index (χ2v) is 6.15. The second-order valence-electron chi connectivity index (χ2n) is 6.15. The zero-order valence-electron chi connectivity index (χ0n) is 15.1. The Bertz CT molecular complexity index is 971. The number of ketones is 1. The summed E-state index contributed by atoms with van der Waals surface area (Å²) in [6.07, 6.45) is 1.90. The first-order valence-corrected chi connectivity index (χ1v) is 8.88. The van der Waals surface area contributed by atoms with Crippen LogP contribution >= 0.6 is 0 Å². The predicted octanol–water partition coefficient (Wildman–Crippen LogP) is 3.33. The third-order valence-electron chi connectivity index (χ3n) is 4.19. The average molecular weight is 364 g/mol. The maximum absolute atomic E-state index is 12.9. The zero-order chi connectivity index (χ0) is 19.2. The van der Waals surface area contributed by atoms with Crippen LogP contribution in [0.5, 0.6) is 0 Å². The monoisotopic (exact) mass is 364 g/mol. The third kappa shape index (κ3) is 4.11. The van der Waals surface area contributed by atoms with Gasteiger partial charge in [-0.2, -0.15) is 4.73 Å². The number of ether oxygens (including phenoxy) is 1. The van der Waals surface area contributed by atoms with Crippen LogP contribution in [0.25, 0.3) is 11.0 Å². The maximum atomic E-state index is 12.9. The highest BCUT2D eigenvalue weighted by molar-refractivity contribution is 6.07. The van der Waals surface area contributed by atoms with E-state index in [1.165, 1.54) is 0 Å². The summed E-state index contributed by atoms with van der Waals surface area (Å²) in [5.41, 5.74) is 1.14. The summed E-state index contributed by atoms with van der Waals surface area (Å²) in [7, 11) is 0. The van der Waals surface area contributed by atoms with Crippen molar-refractivity contribution in [2.75, 3.05) is 0 Å². The van der Waals surface area contributed by atoms with Crippen molar-refractivity contribution in [1.29, 1.82) is 0 Å². The van der Waals surface area contributed by atoms with Gasteiger partial charge in [-0.25, -0.2) is 4.98 Å². The molecule has 0 saturated heterocycles. The molecule has 6 heteroatoms. The molecule has 0 atom stereocenters. The van der Waals surface area contributed by atoms with Crippen LogP contribution in [0.1, 0.15) is 47.9 Å². The van der Waals surface area contributed by atoms with Crippen molar-refractivity contribution in [2.24, 2.45) is 0 Å². The van der Waals surface area contributed by atoms with Gasteiger partial charge in [-0.05, 0) is 12.5 Å². The molecule has 3 rings (SSSR count). The fraction of sp³-hybridized carbons (Fsp3) is 0.238. The highest BCUT2D eigenvalue weighted by Gasteiger charge is 2.27. The predicted molar refractivity (Wildman–Crippen MR) is 99.9 cm³/mol. The summed E-state index contributed by atoms with van der Waals surface area (Å²) in [6.45, 7) is 1.76. The van der Waals surface area contributed by atoms with Gasteiger partial charge in [-0.3, -0.25) is 9.59 Å². The minimum Gasteiger partial charge on any atom is -0.618 e. The number of carbonyl (C=O) groups excluding carboxylic acids is 2. The number of para-hydroxylation sites is 2. The molecule has 6 nitrogen and oxygen atoms in total. The summed E-state index contributed by atoms with van der Waals surface area (Å²) in [5.74, 6) is -0.828. The molecule has 0 saturated carbocycles. The van der Waals surface area contributed by atoms with Crippen molar-refractivity contribution < 1.29 is 19.1 Å². The Hall–Kier alpha value is -3.28. The molecule has 0 N–H and O–H groups in total. The van der Waals surface area contributed by atoms with Gasteiger partial charge in [-0.1, -0.05) is 55.8 Å². The fourth-order valence-electron chi connectivity index (χ4n) is 2.76. The topological polar surface area (TPSA) is 83.2 Å². The van der Waals surface area contributed by atoms with Crippen molar-refractivity contribution in [3.05, 3.63) is 76.8 Å². The minimum absolute atomic E-state index is 0.122. The minimum atomic E-state index is -0.455. The lowest BCUT2D eigenvalue weighted by Gasteiger charge is -2.11. The van der Waals surface area contributed by atoms with E-state index < -0.39 is 5.78 Å². The van der Waals surface area contributed by atoms with Gasteiger partial charge in [0.05, 0.1) is 0 Å². The molecule has 0 radical (unpaired) electrons. The Morgan fingerprint density at radius 1 is 1.07 bits per heavy atom. The highest BCUT2D eigenvalue weighted by Crippen LogP contribution is 2.16. The molecule has 27 heavy (non-hydrogen) atoms. The SMILES string of the molecule is CCCCC(=O)OCc1nc2ccccc2[n+]([O-])c1C(=O)c1ccccc1. The van der Waals surface area contributed by atoms with Crippen molar-refractivity contribution in [3.63, 3.8) is 0 Å². The molecular weight excluding hydrogens is 344 g/mol. The third-order valence-corrected chi connectivity index (χ3v) is 4.19. The number of rotatable bonds is 7. The van der Waals surface area contributed by atoms with Crippen LogP contribution in [-0.4, -0.2) is 16.7 Å². The van der Waals surface area contributed by atoms with Crippen molar-refractivity contribution in [2.45, 2.75) is 32.8 Å². The van der Waals surface area contributed by atoms with Crippen LogP contribution in [0.3, 0.4) is 0 Å². The standard InChI is InChI=1S/C21H20N2O4/c1-2-3-13-19(24)27-14-17-20(21(25)15-9-5-4-6-10-15)23(26)18-12-8-7-11-16(18)22-17/h4-12H,2-3,13-14H2,1H3. The number of nitrogens with zero attached hydrogens (tertiary/aromatic N) is 2. The number of unbranched alkanes of at least 4 members (excludes halogenated alkanes) is 1.